The molecule has 88 valence electrons. The molecule has 2 rings (SSSR count). The predicted molar refractivity (Wildman–Crippen MR) is 65.7 cm³/mol. The Hall–Kier alpha value is -0.650. The molecule has 0 N–H and O–H groups in total. The van der Waals surface area contributed by atoms with E-state index in [9.17, 15) is 0 Å². The summed E-state index contributed by atoms with van der Waals surface area (Å²) in [6.07, 6.45) is 3.86. The van der Waals surface area contributed by atoms with E-state index in [1.54, 1.807) is 26.6 Å². The van der Waals surface area contributed by atoms with Crippen molar-refractivity contribution in [3.05, 3.63) is 22.9 Å². The van der Waals surface area contributed by atoms with Crippen molar-refractivity contribution < 1.29 is 9.47 Å². The second kappa shape index (κ2) is 5.12. The van der Waals surface area contributed by atoms with Crippen LogP contribution in [0.3, 0.4) is 0 Å². The Morgan fingerprint density at radius 2 is 1.94 bits per heavy atom. The third-order valence-corrected chi connectivity index (χ3v) is 3.52. The van der Waals surface area contributed by atoms with Crippen LogP contribution >= 0.6 is 15.9 Å². The molecule has 1 fully saturated rings. The Bertz CT molecular complexity index is 350. The van der Waals surface area contributed by atoms with Gasteiger partial charge in [0.25, 0.3) is 0 Å². The lowest BCUT2D eigenvalue weighted by Crippen LogP contribution is -2.27. The molecule has 0 bridgehead atoms. The average Bonchev–Trinajstić information content (AvgIpc) is 2.72. The molecule has 0 spiro atoms. The number of pyridine rings is 1. The molecule has 1 aromatic rings. The molecule has 0 amide bonds. The lowest BCUT2D eigenvalue weighted by Gasteiger charge is -2.19. The van der Waals surface area contributed by atoms with Crippen molar-refractivity contribution in [3.63, 3.8) is 0 Å². The van der Waals surface area contributed by atoms with Gasteiger partial charge in [-0.1, -0.05) is 0 Å². The summed E-state index contributed by atoms with van der Waals surface area (Å²) in [5, 5.41) is 0. The second-order valence-electron chi connectivity index (χ2n) is 3.78. The predicted octanol–water partition coefficient (Wildman–Crippen LogP) is 1.69. The number of anilines is 1. The van der Waals surface area contributed by atoms with E-state index in [0.717, 1.165) is 23.2 Å². The molecule has 4 nitrogen and oxygen atoms in total. The first-order chi connectivity index (χ1) is 7.76. The van der Waals surface area contributed by atoms with E-state index in [0.29, 0.717) is 0 Å². The van der Waals surface area contributed by atoms with E-state index < -0.39 is 0 Å². The summed E-state index contributed by atoms with van der Waals surface area (Å²) in [6.45, 7) is 1.69. The van der Waals surface area contributed by atoms with Gasteiger partial charge in [0.2, 0.25) is 0 Å². The summed E-state index contributed by atoms with van der Waals surface area (Å²) in [7, 11) is 3.45. The largest absolute Gasteiger partial charge is 0.377 e. The highest BCUT2D eigenvalue weighted by atomic mass is 79.9. The quantitative estimate of drug-likeness (QED) is 0.847. The van der Waals surface area contributed by atoms with Crippen LogP contribution in [-0.2, 0) is 9.47 Å². The molecule has 2 atom stereocenters. The summed E-state index contributed by atoms with van der Waals surface area (Å²) in [4.78, 5) is 6.30. The number of rotatable bonds is 3. The summed E-state index contributed by atoms with van der Waals surface area (Å²) >= 11 is 3.50. The molecule has 2 heterocycles. The van der Waals surface area contributed by atoms with Gasteiger partial charge in [0.05, 0.1) is 10.2 Å². The minimum Gasteiger partial charge on any atom is -0.377 e. The van der Waals surface area contributed by atoms with Gasteiger partial charge < -0.3 is 14.4 Å². The highest BCUT2D eigenvalue weighted by Crippen LogP contribution is 2.29. The maximum Gasteiger partial charge on any atom is 0.102 e. The Kier molecular flexibility index (Phi) is 3.78. The van der Waals surface area contributed by atoms with E-state index in [-0.39, 0.29) is 12.2 Å². The Labute approximate surface area is 104 Å². The van der Waals surface area contributed by atoms with Gasteiger partial charge in [0.15, 0.2) is 0 Å². The Balaban J connectivity index is 2.16. The summed E-state index contributed by atoms with van der Waals surface area (Å²) in [5.74, 6) is 0. The van der Waals surface area contributed by atoms with Gasteiger partial charge in [0.1, 0.15) is 12.2 Å². The summed E-state index contributed by atoms with van der Waals surface area (Å²) in [5.41, 5.74) is 1.14. The van der Waals surface area contributed by atoms with Crippen molar-refractivity contribution in [3.8, 4) is 0 Å². The van der Waals surface area contributed by atoms with Crippen LogP contribution in [-0.4, -0.2) is 44.5 Å². The SMILES string of the molecule is COC1CN(c2ccncc2Br)CC1OC. The second-order valence-corrected chi connectivity index (χ2v) is 4.63. The first-order valence-corrected chi connectivity index (χ1v) is 5.95. The molecule has 16 heavy (non-hydrogen) atoms. The van der Waals surface area contributed by atoms with Gasteiger partial charge in [-0.25, -0.2) is 0 Å². The fourth-order valence-electron chi connectivity index (χ4n) is 2.02. The molecule has 2 unspecified atom stereocenters. The van der Waals surface area contributed by atoms with Crippen molar-refractivity contribution >= 4 is 21.6 Å². The molecule has 1 aliphatic rings. The van der Waals surface area contributed by atoms with Crippen LogP contribution in [0.4, 0.5) is 5.69 Å². The number of aromatic nitrogens is 1. The van der Waals surface area contributed by atoms with E-state index in [1.807, 2.05) is 6.07 Å². The van der Waals surface area contributed by atoms with Crippen LogP contribution in [0.5, 0.6) is 0 Å². The zero-order valence-electron chi connectivity index (χ0n) is 9.39. The zero-order chi connectivity index (χ0) is 11.5. The number of ether oxygens (including phenoxy) is 2. The lowest BCUT2D eigenvalue weighted by atomic mass is 10.3. The molecule has 1 aliphatic heterocycles. The van der Waals surface area contributed by atoms with Crippen LogP contribution in [0.15, 0.2) is 22.9 Å². The molecular weight excluding hydrogens is 272 g/mol. The number of hydrogen-bond acceptors (Lipinski definition) is 4. The number of hydrogen-bond donors (Lipinski definition) is 0. The Morgan fingerprint density at radius 3 is 2.44 bits per heavy atom. The van der Waals surface area contributed by atoms with Gasteiger partial charge >= 0.3 is 0 Å². The maximum atomic E-state index is 5.41. The Morgan fingerprint density at radius 1 is 1.31 bits per heavy atom. The molecule has 1 saturated heterocycles. The summed E-state index contributed by atoms with van der Waals surface area (Å²) in [6, 6.07) is 1.99. The molecule has 1 aromatic heterocycles. The van der Waals surface area contributed by atoms with Crippen LogP contribution in [0, 0.1) is 0 Å². The minimum absolute atomic E-state index is 0.130. The van der Waals surface area contributed by atoms with Crippen molar-refractivity contribution in [2.45, 2.75) is 12.2 Å². The van der Waals surface area contributed by atoms with E-state index in [1.165, 1.54) is 0 Å². The van der Waals surface area contributed by atoms with Crippen LogP contribution in [0.2, 0.25) is 0 Å². The minimum atomic E-state index is 0.130. The van der Waals surface area contributed by atoms with Crippen LogP contribution in [0.25, 0.3) is 0 Å². The molecule has 5 heteroatoms. The highest BCUT2D eigenvalue weighted by Gasteiger charge is 2.33. The number of nitrogens with zero attached hydrogens (tertiary/aromatic N) is 2. The van der Waals surface area contributed by atoms with Crippen molar-refractivity contribution in [2.24, 2.45) is 0 Å². The molecule has 0 saturated carbocycles. The summed E-state index contributed by atoms with van der Waals surface area (Å²) < 4.78 is 11.8. The van der Waals surface area contributed by atoms with Gasteiger partial charge in [-0.15, -0.1) is 0 Å². The van der Waals surface area contributed by atoms with Crippen molar-refractivity contribution in [1.29, 1.82) is 0 Å². The topological polar surface area (TPSA) is 34.6 Å². The van der Waals surface area contributed by atoms with Gasteiger partial charge in [-0.05, 0) is 22.0 Å². The zero-order valence-corrected chi connectivity index (χ0v) is 11.0. The monoisotopic (exact) mass is 286 g/mol. The first-order valence-electron chi connectivity index (χ1n) is 5.16. The number of halogens is 1. The third-order valence-electron chi connectivity index (χ3n) is 2.91. The molecule has 0 aliphatic carbocycles. The fourth-order valence-corrected chi connectivity index (χ4v) is 2.52. The van der Waals surface area contributed by atoms with Gasteiger partial charge in [-0.3, -0.25) is 4.98 Å². The van der Waals surface area contributed by atoms with Gasteiger partial charge in [0, 0.05) is 39.7 Å². The first kappa shape index (κ1) is 11.8. The van der Waals surface area contributed by atoms with E-state index >= 15 is 0 Å². The molecule has 0 aromatic carbocycles. The van der Waals surface area contributed by atoms with Crippen molar-refractivity contribution in [2.75, 3.05) is 32.2 Å². The van der Waals surface area contributed by atoms with Crippen LogP contribution < -0.4 is 4.90 Å². The lowest BCUT2D eigenvalue weighted by molar-refractivity contribution is -0.00461. The molecule has 0 radical (unpaired) electrons. The number of methoxy groups -OCH3 is 2. The molecular formula is C11H15BrN2O2. The van der Waals surface area contributed by atoms with E-state index in [2.05, 4.69) is 25.8 Å². The standard InChI is InChI=1S/C11H15BrN2O2/c1-15-10-6-14(7-11(10)16-2)9-3-4-13-5-8(9)12/h3-5,10-11H,6-7H2,1-2H3. The smallest absolute Gasteiger partial charge is 0.102 e. The highest BCUT2D eigenvalue weighted by molar-refractivity contribution is 9.10. The van der Waals surface area contributed by atoms with Crippen molar-refractivity contribution in [1.82, 2.24) is 4.98 Å². The average molecular weight is 287 g/mol. The van der Waals surface area contributed by atoms with Crippen LogP contribution in [0.1, 0.15) is 0 Å². The van der Waals surface area contributed by atoms with Gasteiger partial charge in [-0.2, -0.15) is 0 Å². The third kappa shape index (κ3) is 2.21. The maximum absolute atomic E-state index is 5.41. The normalized spacial score (nSPS) is 25.1. The fraction of sp³-hybridized carbons (Fsp3) is 0.545. The van der Waals surface area contributed by atoms with E-state index in [4.69, 9.17) is 9.47 Å².